The highest BCUT2D eigenvalue weighted by Gasteiger charge is 2.52. The van der Waals surface area contributed by atoms with E-state index in [0.29, 0.717) is 5.92 Å². The van der Waals surface area contributed by atoms with Gasteiger partial charge in [-0.15, -0.1) is 0 Å². The van der Waals surface area contributed by atoms with Crippen LogP contribution < -0.4 is 4.90 Å². The SMILES string of the molecule is Cc1cc(N2CC(O)(C3CC3)C2)ncn1. The molecule has 1 aliphatic carbocycles. The fraction of sp³-hybridized carbons (Fsp3) is 0.636. The molecule has 80 valence electrons. The van der Waals surface area contributed by atoms with Crippen molar-refractivity contribution in [3.05, 3.63) is 18.1 Å². The van der Waals surface area contributed by atoms with Crippen LogP contribution in [0, 0.1) is 12.8 Å². The van der Waals surface area contributed by atoms with Crippen molar-refractivity contribution in [3.8, 4) is 0 Å². The van der Waals surface area contributed by atoms with E-state index in [-0.39, 0.29) is 0 Å². The summed E-state index contributed by atoms with van der Waals surface area (Å²) in [4.78, 5) is 10.4. The van der Waals surface area contributed by atoms with E-state index in [9.17, 15) is 5.11 Å². The zero-order valence-electron chi connectivity index (χ0n) is 8.85. The van der Waals surface area contributed by atoms with E-state index in [1.165, 1.54) is 12.8 Å². The second kappa shape index (κ2) is 2.92. The Bertz CT molecular complexity index is 383. The van der Waals surface area contributed by atoms with Gasteiger partial charge in [-0.3, -0.25) is 0 Å². The van der Waals surface area contributed by atoms with Crippen LogP contribution in [0.5, 0.6) is 0 Å². The Kier molecular flexibility index (Phi) is 1.77. The number of hydrogen-bond acceptors (Lipinski definition) is 4. The summed E-state index contributed by atoms with van der Waals surface area (Å²) in [5, 5.41) is 10.2. The first kappa shape index (κ1) is 9.09. The molecule has 1 aromatic heterocycles. The van der Waals surface area contributed by atoms with Gasteiger partial charge >= 0.3 is 0 Å². The molecule has 0 radical (unpaired) electrons. The molecule has 1 aromatic rings. The van der Waals surface area contributed by atoms with Gasteiger partial charge in [-0.2, -0.15) is 0 Å². The van der Waals surface area contributed by atoms with E-state index in [2.05, 4.69) is 14.9 Å². The molecular formula is C11H15N3O. The smallest absolute Gasteiger partial charge is 0.132 e. The first-order valence-corrected chi connectivity index (χ1v) is 5.43. The van der Waals surface area contributed by atoms with Crippen molar-refractivity contribution >= 4 is 5.82 Å². The van der Waals surface area contributed by atoms with Crippen LogP contribution >= 0.6 is 0 Å². The average Bonchev–Trinajstić information content (AvgIpc) is 2.96. The maximum absolute atomic E-state index is 10.2. The number of aromatic nitrogens is 2. The number of nitrogens with zero attached hydrogens (tertiary/aromatic N) is 3. The van der Waals surface area contributed by atoms with Crippen LogP contribution in [0.4, 0.5) is 5.82 Å². The lowest BCUT2D eigenvalue weighted by Crippen LogP contribution is -2.63. The third kappa shape index (κ3) is 1.49. The summed E-state index contributed by atoms with van der Waals surface area (Å²) < 4.78 is 0. The molecular weight excluding hydrogens is 190 g/mol. The molecule has 4 heteroatoms. The first-order chi connectivity index (χ1) is 7.17. The molecule has 0 amide bonds. The van der Waals surface area contributed by atoms with Crippen LogP contribution in [0.1, 0.15) is 18.5 Å². The predicted octanol–water partition coefficient (Wildman–Crippen LogP) is 0.746. The van der Waals surface area contributed by atoms with E-state index in [4.69, 9.17) is 0 Å². The monoisotopic (exact) mass is 205 g/mol. The van der Waals surface area contributed by atoms with E-state index < -0.39 is 5.60 Å². The van der Waals surface area contributed by atoms with Gasteiger partial charge in [0.05, 0.1) is 13.1 Å². The minimum Gasteiger partial charge on any atom is -0.386 e. The van der Waals surface area contributed by atoms with Crippen LogP contribution in [0.2, 0.25) is 0 Å². The normalized spacial score (nSPS) is 23.7. The number of hydrogen-bond donors (Lipinski definition) is 1. The fourth-order valence-electron chi connectivity index (χ4n) is 2.27. The predicted molar refractivity (Wildman–Crippen MR) is 56.7 cm³/mol. The summed E-state index contributed by atoms with van der Waals surface area (Å²) in [6, 6.07) is 1.96. The number of aliphatic hydroxyl groups is 1. The van der Waals surface area contributed by atoms with Crippen LogP contribution in [0.15, 0.2) is 12.4 Å². The molecule has 2 heterocycles. The van der Waals surface area contributed by atoms with E-state index in [0.717, 1.165) is 24.6 Å². The molecule has 0 spiro atoms. The van der Waals surface area contributed by atoms with E-state index in [1.807, 2.05) is 13.0 Å². The third-order valence-corrected chi connectivity index (χ3v) is 3.38. The van der Waals surface area contributed by atoms with Gasteiger partial charge in [0.1, 0.15) is 17.7 Å². The Morgan fingerprint density at radius 2 is 2.13 bits per heavy atom. The standard InChI is InChI=1S/C11H15N3O/c1-8-4-10(13-7-12-8)14-5-11(15,6-14)9-2-3-9/h4,7,9,15H,2-3,5-6H2,1H3. The molecule has 0 unspecified atom stereocenters. The number of β-amino-alcohol motifs (C(OH)–C–C–N with tert-alkyl or cyclic N) is 1. The van der Waals surface area contributed by atoms with Crippen LogP contribution in [-0.2, 0) is 0 Å². The minimum atomic E-state index is -0.432. The average molecular weight is 205 g/mol. The second-order valence-electron chi connectivity index (χ2n) is 4.75. The van der Waals surface area contributed by atoms with Gasteiger partial charge in [-0.05, 0) is 25.7 Å². The number of anilines is 1. The fourth-order valence-corrected chi connectivity index (χ4v) is 2.27. The molecule has 3 rings (SSSR count). The van der Waals surface area contributed by atoms with E-state index >= 15 is 0 Å². The molecule has 1 N–H and O–H groups in total. The summed E-state index contributed by atoms with van der Waals surface area (Å²) in [5.74, 6) is 1.48. The maximum Gasteiger partial charge on any atom is 0.132 e. The van der Waals surface area contributed by atoms with Gasteiger partial charge < -0.3 is 10.0 Å². The summed E-state index contributed by atoms with van der Waals surface area (Å²) in [6.45, 7) is 3.42. The molecule has 4 nitrogen and oxygen atoms in total. The van der Waals surface area contributed by atoms with Crippen molar-refractivity contribution in [3.63, 3.8) is 0 Å². The molecule has 0 bridgehead atoms. The Balaban J connectivity index is 1.71. The van der Waals surface area contributed by atoms with Crippen molar-refractivity contribution in [1.82, 2.24) is 9.97 Å². The zero-order chi connectivity index (χ0) is 10.5. The Labute approximate surface area is 89.0 Å². The Morgan fingerprint density at radius 3 is 2.73 bits per heavy atom. The maximum atomic E-state index is 10.2. The number of rotatable bonds is 2. The lowest BCUT2D eigenvalue weighted by atomic mass is 9.89. The van der Waals surface area contributed by atoms with Gasteiger partial charge in [0.15, 0.2) is 0 Å². The van der Waals surface area contributed by atoms with Gasteiger partial charge in [-0.1, -0.05) is 0 Å². The highest BCUT2D eigenvalue weighted by molar-refractivity contribution is 5.44. The minimum absolute atomic E-state index is 0.432. The van der Waals surface area contributed by atoms with Crippen LogP contribution in [0.25, 0.3) is 0 Å². The van der Waals surface area contributed by atoms with Crippen molar-refractivity contribution in [2.45, 2.75) is 25.4 Å². The largest absolute Gasteiger partial charge is 0.386 e. The summed E-state index contributed by atoms with van der Waals surface area (Å²) in [6.07, 6.45) is 3.96. The highest BCUT2D eigenvalue weighted by Crippen LogP contribution is 2.45. The summed E-state index contributed by atoms with van der Waals surface area (Å²) in [5.41, 5.74) is 0.542. The molecule has 0 aromatic carbocycles. The third-order valence-electron chi connectivity index (χ3n) is 3.38. The molecule has 1 saturated heterocycles. The summed E-state index contributed by atoms with van der Waals surface area (Å²) in [7, 11) is 0. The first-order valence-electron chi connectivity index (χ1n) is 5.43. The van der Waals surface area contributed by atoms with Gasteiger partial charge in [0.25, 0.3) is 0 Å². The van der Waals surface area contributed by atoms with Crippen LogP contribution in [-0.4, -0.2) is 33.8 Å². The lowest BCUT2D eigenvalue weighted by Gasteiger charge is -2.47. The second-order valence-corrected chi connectivity index (χ2v) is 4.75. The topological polar surface area (TPSA) is 49.2 Å². The van der Waals surface area contributed by atoms with Crippen molar-refractivity contribution in [2.75, 3.05) is 18.0 Å². The van der Waals surface area contributed by atoms with Crippen molar-refractivity contribution < 1.29 is 5.11 Å². The Hall–Kier alpha value is -1.16. The number of aryl methyl sites for hydroxylation is 1. The Morgan fingerprint density at radius 1 is 1.40 bits per heavy atom. The van der Waals surface area contributed by atoms with Crippen molar-refractivity contribution in [1.29, 1.82) is 0 Å². The van der Waals surface area contributed by atoms with Gasteiger partial charge in [-0.25, -0.2) is 9.97 Å². The molecule has 1 saturated carbocycles. The molecule has 2 fully saturated rings. The molecule has 2 aliphatic rings. The van der Waals surface area contributed by atoms with Gasteiger partial charge in [0.2, 0.25) is 0 Å². The summed E-state index contributed by atoms with van der Waals surface area (Å²) >= 11 is 0. The lowest BCUT2D eigenvalue weighted by molar-refractivity contribution is -0.00976. The molecule has 1 aliphatic heterocycles. The molecule has 15 heavy (non-hydrogen) atoms. The quantitative estimate of drug-likeness (QED) is 0.774. The van der Waals surface area contributed by atoms with E-state index in [1.54, 1.807) is 6.33 Å². The molecule has 0 atom stereocenters. The van der Waals surface area contributed by atoms with Gasteiger partial charge in [0, 0.05) is 11.8 Å². The van der Waals surface area contributed by atoms with Crippen molar-refractivity contribution in [2.24, 2.45) is 5.92 Å². The van der Waals surface area contributed by atoms with Crippen LogP contribution in [0.3, 0.4) is 0 Å². The zero-order valence-corrected chi connectivity index (χ0v) is 8.85. The highest BCUT2D eigenvalue weighted by atomic mass is 16.3.